The van der Waals surface area contributed by atoms with Gasteiger partial charge in [0.05, 0.1) is 15.1 Å². The van der Waals surface area contributed by atoms with E-state index in [1.54, 1.807) is 23.1 Å². The van der Waals surface area contributed by atoms with Crippen molar-refractivity contribution in [2.45, 2.75) is 13.2 Å². The van der Waals surface area contributed by atoms with E-state index in [0.29, 0.717) is 48.5 Å². The number of halogens is 7. The van der Waals surface area contributed by atoms with Gasteiger partial charge in [-0.1, -0.05) is 87.3 Å². The van der Waals surface area contributed by atoms with E-state index < -0.39 is 0 Å². The van der Waals surface area contributed by atoms with E-state index in [4.69, 9.17) is 90.4 Å². The number of hydrogen-bond acceptors (Lipinski definition) is 4. The number of piperazine rings is 1. The molecule has 35 heavy (non-hydrogen) atoms. The van der Waals surface area contributed by atoms with E-state index in [9.17, 15) is 4.79 Å². The Morgan fingerprint density at radius 1 is 0.829 bits per heavy atom. The second kappa shape index (κ2) is 11.6. The highest BCUT2D eigenvalue weighted by molar-refractivity contribution is 6.55. The van der Waals surface area contributed by atoms with Gasteiger partial charge in [-0.25, -0.2) is 0 Å². The van der Waals surface area contributed by atoms with Crippen molar-refractivity contribution in [2.75, 3.05) is 26.2 Å². The van der Waals surface area contributed by atoms with Crippen LogP contribution < -0.4 is 4.74 Å². The molecule has 1 fully saturated rings. The minimum atomic E-state index is -0.200. The fraction of sp³-hybridized carbons (Fsp3) is 0.261. The molecule has 1 amide bonds. The van der Waals surface area contributed by atoms with Crippen molar-refractivity contribution >= 4 is 87.1 Å². The van der Waals surface area contributed by atoms with Gasteiger partial charge in [0.2, 0.25) is 0 Å². The molecule has 1 aliphatic rings. The summed E-state index contributed by atoms with van der Waals surface area (Å²) in [7, 11) is 0. The molecule has 1 aliphatic heterocycles. The summed E-state index contributed by atoms with van der Waals surface area (Å²) < 4.78 is 11.4. The molecular formula is C23H17Cl7N2O3. The predicted molar refractivity (Wildman–Crippen MR) is 142 cm³/mol. The van der Waals surface area contributed by atoms with E-state index in [-0.39, 0.29) is 49.1 Å². The number of ether oxygens (including phenoxy) is 1. The van der Waals surface area contributed by atoms with Crippen LogP contribution in [0.3, 0.4) is 0 Å². The maximum Gasteiger partial charge on any atom is 0.289 e. The maximum atomic E-state index is 12.9. The molecule has 186 valence electrons. The van der Waals surface area contributed by atoms with Gasteiger partial charge in [-0.2, -0.15) is 0 Å². The molecule has 1 saturated heterocycles. The Labute approximate surface area is 237 Å². The Morgan fingerprint density at radius 3 is 2.09 bits per heavy atom. The third kappa shape index (κ3) is 6.11. The predicted octanol–water partition coefficient (Wildman–Crippen LogP) is 8.39. The number of furan rings is 1. The Morgan fingerprint density at radius 2 is 1.46 bits per heavy atom. The van der Waals surface area contributed by atoms with E-state index >= 15 is 0 Å². The first-order valence-corrected chi connectivity index (χ1v) is 13.0. The van der Waals surface area contributed by atoms with Crippen molar-refractivity contribution in [1.82, 2.24) is 9.80 Å². The molecule has 0 saturated carbocycles. The topological polar surface area (TPSA) is 45.9 Å². The monoisotopic (exact) mass is 614 g/mol. The zero-order chi connectivity index (χ0) is 25.3. The SMILES string of the molecule is O=C(c1ccc(COc2c(Cl)c(Cl)c(Cl)c(Cl)c2Cl)o1)N1CCN(Cc2ccc(Cl)cc2Cl)CC1. The molecule has 4 rings (SSSR count). The molecule has 2 heterocycles. The van der Waals surface area contributed by atoms with Crippen LogP contribution in [0.5, 0.6) is 5.75 Å². The first-order chi connectivity index (χ1) is 16.7. The van der Waals surface area contributed by atoms with Crippen molar-refractivity contribution in [3.8, 4) is 5.75 Å². The number of nitrogens with zero attached hydrogens (tertiary/aromatic N) is 2. The summed E-state index contributed by atoms with van der Waals surface area (Å²) in [5.41, 5.74) is 0.995. The highest BCUT2D eigenvalue weighted by Crippen LogP contribution is 2.48. The lowest BCUT2D eigenvalue weighted by Crippen LogP contribution is -2.48. The highest BCUT2D eigenvalue weighted by Gasteiger charge is 2.25. The lowest BCUT2D eigenvalue weighted by Gasteiger charge is -2.34. The van der Waals surface area contributed by atoms with Crippen LogP contribution in [0.1, 0.15) is 21.9 Å². The van der Waals surface area contributed by atoms with E-state index in [1.165, 1.54) is 0 Å². The zero-order valence-corrected chi connectivity index (χ0v) is 23.2. The Balaban J connectivity index is 1.34. The molecule has 0 unspecified atom stereocenters. The summed E-state index contributed by atoms with van der Waals surface area (Å²) in [4.78, 5) is 16.9. The van der Waals surface area contributed by atoms with Crippen molar-refractivity contribution in [1.29, 1.82) is 0 Å². The molecule has 0 radical (unpaired) electrons. The Bertz CT molecular complexity index is 1230. The van der Waals surface area contributed by atoms with E-state index in [0.717, 1.165) is 5.56 Å². The Hall–Kier alpha value is -1.02. The summed E-state index contributed by atoms with van der Waals surface area (Å²) >= 11 is 42.7. The van der Waals surface area contributed by atoms with Crippen LogP contribution >= 0.6 is 81.2 Å². The van der Waals surface area contributed by atoms with Gasteiger partial charge >= 0.3 is 0 Å². The van der Waals surface area contributed by atoms with Crippen LogP contribution in [-0.2, 0) is 13.2 Å². The zero-order valence-electron chi connectivity index (χ0n) is 17.9. The molecule has 0 spiro atoms. The van der Waals surface area contributed by atoms with Gasteiger partial charge in [-0.3, -0.25) is 9.69 Å². The number of benzene rings is 2. The standard InChI is InChI=1S/C23H17Cl7N2O3/c24-13-2-1-12(15(25)9-13)10-31-5-7-32(8-6-31)23(33)16-4-3-14(35-16)11-34-22-20(29)18(27)17(26)19(28)21(22)30/h1-4,9H,5-8,10-11H2. The van der Waals surface area contributed by atoms with Gasteiger partial charge in [0, 0.05) is 42.8 Å². The quantitative estimate of drug-likeness (QED) is 0.206. The second-order valence-electron chi connectivity index (χ2n) is 7.76. The summed E-state index contributed by atoms with van der Waals surface area (Å²) in [5.74, 6) is 0.490. The summed E-state index contributed by atoms with van der Waals surface area (Å²) in [6.45, 7) is 3.17. The number of carbonyl (C=O) groups excluding carboxylic acids is 1. The first kappa shape index (κ1) is 27.0. The lowest BCUT2D eigenvalue weighted by atomic mass is 10.2. The molecule has 5 nitrogen and oxygen atoms in total. The second-order valence-corrected chi connectivity index (χ2v) is 10.5. The average Bonchev–Trinajstić information content (AvgIpc) is 3.32. The van der Waals surface area contributed by atoms with Crippen LogP contribution in [0.15, 0.2) is 34.7 Å². The van der Waals surface area contributed by atoms with Gasteiger partial charge in [0.25, 0.3) is 5.91 Å². The highest BCUT2D eigenvalue weighted by atomic mass is 35.5. The van der Waals surface area contributed by atoms with E-state index in [1.807, 2.05) is 12.1 Å². The van der Waals surface area contributed by atoms with E-state index in [2.05, 4.69) is 4.90 Å². The fourth-order valence-electron chi connectivity index (χ4n) is 3.58. The van der Waals surface area contributed by atoms with Gasteiger partial charge in [-0.05, 0) is 29.8 Å². The van der Waals surface area contributed by atoms with Gasteiger partial charge in [0.1, 0.15) is 22.4 Å². The lowest BCUT2D eigenvalue weighted by molar-refractivity contribution is 0.0594. The summed E-state index contributed by atoms with van der Waals surface area (Å²) in [6, 6.07) is 8.72. The molecule has 12 heteroatoms. The maximum absolute atomic E-state index is 12.9. The van der Waals surface area contributed by atoms with Gasteiger partial charge < -0.3 is 14.1 Å². The van der Waals surface area contributed by atoms with Crippen molar-refractivity contribution in [3.05, 3.63) is 82.6 Å². The first-order valence-electron chi connectivity index (χ1n) is 10.3. The van der Waals surface area contributed by atoms with Crippen LogP contribution in [0.4, 0.5) is 0 Å². The van der Waals surface area contributed by atoms with Crippen LogP contribution in [0, 0.1) is 0 Å². The molecule has 0 N–H and O–H groups in total. The average molecular weight is 618 g/mol. The number of hydrogen-bond donors (Lipinski definition) is 0. The van der Waals surface area contributed by atoms with Crippen molar-refractivity contribution in [3.63, 3.8) is 0 Å². The summed E-state index contributed by atoms with van der Waals surface area (Å²) in [5, 5.41) is 1.41. The van der Waals surface area contributed by atoms with Gasteiger partial charge in [0.15, 0.2) is 11.5 Å². The molecule has 2 aromatic carbocycles. The largest absolute Gasteiger partial charge is 0.482 e. The number of rotatable bonds is 6. The number of carbonyl (C=O) groups is 1. The van der Waals surface area contributed by atoms with Crippen LogP contribution in [-0.4, -0.2) is 41.9 Å². The third-order valence-electron chi connectivity index (χ3n) is 5.47. The fourth-order valence-corrected chi connectivity index (χ4v) is 5.28. The van der Waals surface area contributed by atoms with Crippen molar-refractivity contribution in [2.24, 2.45) is 0 Å². The van der Waals surface area contributed by atoms with Gasteiger partial charge in [-0.15, -0.1) is 0 Å². The molecule has 1 aromatic heterocycles. The molecule has 3 aromatic rings. The summed E-state index contributed by atoms with van der Waals surface area (Å²) in [6.07, 6.45) is 0. The molecule has 0 aliphatic carbocycles. The minimum absolute atomic E-state index is 0.0329. The minimum Gasteiger partial charge on any atom is -0.482 e. The third-order valence-corrected chi connectivity index (χ3v) is 8.30. The van der Waals surface area contributed by atoms with Crippen LogP contribution in [0.2, 0.25) is 35.2 Å². The Kier molecular flexibility index (Phi) is 8.94. The van der Waals surface area contributed by atoms with Crippen molar-refractivity contribution < 1.29 is 13.9 Å². The molecule has 0 atom stereocenters. The number of amides is 1. The normalized spacial score (nSPS) is 14.4. The molecule has 0 bridgehead atoms. The smallest absolute Gasteiger partial charge is 0.289 e. The van der Waals surface area contributed by atoms with Crippen LogP contribution in [0.25, 0.3) is 0 Å². The molecular weight excluding hydrogens is 600 g/mol.